The fraction of sp³-hybridized carbons (Fsp3) is 0.273. The molecule has 0 unspecified atom stereocenters. The molecule has 2 aromatic rings. The monoisotopic (exact) mass is 368 g/mol. The van der Waals surface area contributed by atoms with Crippen LogP contribution in [0.4, 0.5) is 4.39 Å². The van der Waals surface area contributed by atoms with Crippen molar-refractivity contribution in [3.8, 4) is 5.75 Å². The highest BCUT2D eigenvalue weighted by atomic mass is 19.1. The lowest BCUT2D eigenvalue weighted by atomic mass is 9.73. The first-order valence-electron chi connectivity index (χ1n) is 8.84. The van der Waals surface area contributed by atoms with Crippen molar-refractivity contribution in [1.82, 2.24) is 0 Å². The Morgan fingerprint density at radius 3 is 2.37 bits per heavy atom. The molecule has 0 spiro atoms. The van der Waals surface area contributed by atoms with Crippen molar-refractivity contribution in [3.05, 3.63) is 71.6 Å². The summed E-state index contributed by atoms with van der Waals surface area (Å²) in [4.78, 5) is 25.2. The Labute approximate surface area is 157 Å². The van der Waals surface area contributed by atoms with Gasteiger partial charge in [0, 0.05) is 5.92 Å². The number of rotatable bonds is 5. The van der Waals surface area contributed by atoms with Gasteiger partial charge in [-0.05, 0) is 60.4 Å². The normalized spacial score (nSPS) is 19.4. The third kappa shape index (κ3) is 4.08. The van der Waals surface area contributed by atoms with E-state index in [1.807, 2.05) is 24.3 Å². The summed E-state index contributed by atoms with van der Waals surface area (Å²) in [5, 5.41) is 0. The van der Waals surface area contributed by atoms with E-state index >= 15 is 0 Å². The number of carbonyl (C=O) groups excluding carboxylic acids is 2. The molecule has 0 radical (unpaired) electrons. The molecular formula is C22H21FO4. The van der Waals surface area contributed by atoms with Crippen LogP contribution in [0.1, 0.15) is 30.4 Å². The summed E-state index contributed by atoms with van der Waals surface area (Å²) in [6.45, 7) is 1.91. The van der Waals surface area contributed by atoms with Crippen molar-refractivity contribution in [3.63, 3.8) is 0 Å². The summed E-state index contributed by atoms with van der Waals surface area (Å²) < 4.78 is 23.6. The number of hydrogen-bond donors (Lipinski definition) is 0. The zero-order valence-corrected chi connectivity index (χ0v) is 15.3. The van der Waals surface area contributed by atoms with Crippen LogP contribution in [0.15, 0.2) is 54.6 Å². The highest BCUT2D eigenvalue weighted by Gasteiger charge is 2.39. The number of allylic oxidation sites excluding steroid dienone is 2. The minimum absolute atomic E-state index is 0.202. The molecule has 0 heterocycles. The van der Waals surface area contributed by atoms with Crippen molar-refractivity contribution < 1.29 is 23.5 Å². The van der Waals surface area contributed by atoms with E-state index in [1.165, 1.54) is 18.2 Å². The van der Waals surface area contributed by atoms with Gasteiger partial charge in [0.25, 0.3) is 0 Å². The lowest BCUT2D eigenvalue weighted by Gasteiger charge is -2.29. The lowest BCUT2D eigenvalue weighted by molar-refractivity contribution is -0.151. The molecule has 1 aliphatic carbocycles. The molecule has 2 atom stereocenters. The van der Waals surface area contributed by atoms with Crippen LogP contribution in [0.3, 0.4) is 0 Å². The zero-order chi connectivity index (χ0) is 19.4. The average molecular weight is 368 g/mol. The molecule has 5 heteroatoms. The summed E-state index contributed by atoms with van der Waals surface area (Å²) in [6.07, 6.45) is 2.00. The number of halogens is 1. The van der Waals surface area contributed by atoms with E-state index in [0.29, 0.717) is 6.42 Å². The second kappa shape index (κ2) is 8.16. The van der Waals surface area contributed by atoms with Gasteiger partial charge in [0.2, 0.25) is 0 Å². The van der Waals surface area contributed by atoms with Crippen LogP contribution < -0.4 is 4.74 Å². The van der Waals surface area contributed by atoms with E-state index in [0.717, 1.165) is 22.4 Å². The van der Waals surface area contributed by atoms with Crippen molar-refractivity contribution in [2.24, 2.45) is 5.92 Å². The summed E-state index contributed by atoms with van der Waals surface area (Å²) in [5.74, 6) is -1.79. The number of hydrogen-bond acceptors (Lipinski definition) is 4. The Balaban J connectivity index is 1.99. The summed E-state index contributed by atoms with van der Waals surface area (Å²) in [7, 11) is 1.59. The summed E-state index contributed by atoms with van der Waals surface area (Å²) >= 11 is 0. The van der Waals surface area contributed by atoms with Gasteiger partial charge >= 0.3 is 5.97 Å². The third-order valence-electron chi connectivity index (χ3n) is 4.76. The molecular weight excluding hydrogens is 347 g/mol. The van der Waals surface area contributed by atoms with Crippen molar-refractivity contribution in [2.75, 3.05) is 13.7 Å². The van der Waals surface area contributed by atoms with Gasteiger partial charge in [-0.2, -0.15) is 0 Å². The molecule has 0 amide bonds. The first kappa shape index (κ1) is 18.8. The number of benzene rings is 2. The Morgan fingerprint density at radius 2 is 1.78 bits per heavy atom. The van der Waals surface area contributed by atoms with Crippen LogP contribution in [-0.2, 0) is 14.3 Å². The van der Waals surface area contributed by atoms with E-state index in [9.17, 15) is 14.0 Å². The predicted molar refractivity (Wildman–Crippen MR) is 99.9 cm³/mol. The molecule has 0 saturated heterocycles. The fourth-order valence-electron chi connectivity index (χ4n) is 3.41. The maximum atomic E-state index is 13.3. The van der Waals surface area contributed by atoms with Crippen molar-refractivity contribution in [2.45, 2.75) is 19.3 Å². The SMILES string of the molecule is CCOC(=O)[C@H]1C(=O)C=C(c2ccc(OC)cc2)C[C@H]1c1ccc(F)cc1. The Hall–Kier alpha value is -2.95. The van der Waals surface area contributed by atoms with Crippen LogP contribution in [0.25, 0.3) is 5.57 Å². The van der Waals surface area contributed by atoms with Crippen LogP contribution in [0.5, 0.6) is 5.75 Å². The Kier molecular flexibility index (Phi) is 5.69. The minimum atomic E-state index is -0.919. The number of ether oxygens (including phenoxy) is 2. The first-order chi connectivity index (χ1) is 13.0. The van der Waals surface area contributed by atoms with Crippen LogP contribution in [0, 0.1) is 11.7 Å². The standard InChI is InChI=1S/C22H21FO4/c1-3-27-22(25)21-19(15-4-8-17(23)9-5-15)12-16(13-20(21)24)14-6-10-18(26-2)11-7-14/h4-11,13,19,21H,3,12H2,1-2H3/t19-,21+/m0/s1. The van der Waals surface area contributed by atoms with E-state index in [2.05, 4.69) is 0 Å². The molecule has 0 aromatic heterocycles. The first-order valence-corrected chi connectivity index (χ1v) is 8.84. The van der Waals surface area contributed by atoms with Gasteiger partial charge < -0.3 is 9.47 Å². The van der Waals surface area contributed by atoms with Gasteiger partial charge in [-0.15, -0.1) is 0 Å². The minimum Gasteiger partial charge on any atom is -0.497 e. The average Bonchev–Trinajstić information content (AvgIpc) is 2.68. The smallest absolute Gasteiger partial charge is 0.317 e. The van der Waals surface area contributed by atoms with E-state index in [4.69, 9.17) is 9.47 Å². The van der Waals surface area contributed by atoms with Gasteiger partial charge in [-0.1, -0.05) is 24.3 Å². The topological polar surface area (TPSA) is 52.6 Å². The molecule has 1 aliphatic rings. The molecule has 140 valence electrons. The lowest BCUT2D eigenvalue weighted by Crippen LogP contribution is -2.34. The van der Waals surface area contributed by atoms with Crippen LogP contribution >= 0.6 is 0 Å². The quantitative estimate of drug-likeness (QED) is 0.588. The van der Waals surface area contributed by atoms with Gasteiger partial charge in [0.05, 0.1) is 13.7 Å². The molecule has 0 bridgehead atoms. The van der Waals surface area contributed by atoms with Crippen molar-refractivity contribution >= 4 is 17.3 Å². The molecule has 3 rings (SSSR count). The number of ketones is 1. The van der Waals surface area contributed by atoms with Crippen LogP contribution in [0.2, 0.25) is 0 Å². The Bertz CT molecular complexity index is 853. The van der Waals surface area contributed by atoms with Gasteiger partial charge in [0.15, 0.2) is 5.78 Å². The Morgan fingerprint density at radius 1 is 1.11 bits per heavy atom. The summed E-state index contributed by atoms with van der Waals surface area (Å²) in [6, 6.07) is 13.3. The largest absolute Gasteiger partial charge is 0.497 e. The maximum Gasteiger partial charge on any atom is 0.317 e. The molecule has 0 saturated carbocycles. The van der Waals surface area contributed by atoms with Gasteiger partial charge in [-0.25, -0.2) is 4.39 Å². The third-order valence-corrected chi connectivity index (χ3v) is 4.76. The van der Waals surface area contributed by atoms with E-state index in [-0.39, 0.29) is 18.2 Å². The molecule has 0 fully saturated rings. The van der Waals surface area contributed by atoms with E-state index < -0.39 is 17.8 Å². The zero-order valence-electron chi connectivity index (χ0n) is 15.3. The number of carbonyl (C=O) groups is 2. The van der Waals surface area contributed by atoms with Crippen LogP contribution in [-0.4, -0.2) is 25.5 Å². The van der Waals surface area contributed by atoms with Gasteiger partial charge in [-0.3, -0.25) is 9.59 Å². The fourth-order valence-corrected chi connectivity index (χ4v) is 3.41. The molecule has 2 aromatic carbocycles. The number of methoxy groups -OCH3 is 1. The number of esters is 1. The van der Waals surface area contributed by atoms with Gasteiger partial charge in [0.1, 0.15) is 17.5 Å². The second-order valence-corrected chi connectivity index (χ2v) is 6.39. The predicted octanol–water partition coefficient (Wildman–Crippen LogP) is 4.15. The molecule has 0 aliphatic heterocycles. The molecule has 0 N–H and O–H groups in total. The maximum absolute atomic E-state index is 13.3. The molecule has 4 nitrogen and oxygen atoms in total. The van der Waals surface area contributed by atoms with Crippen molar-refractivity contribution in [1.29, 1.82) is 0 Å². The van der Waals surface area contributed by atoms with E-state index in [1.54, 1.807) is 26.2 Å². The molecule has 27 heavy (non-hydrogen) atoms. The highest BCUT2D eigenvalue weighted by molar-refractivity contribution is 6.10. The summed E-state index contributed by atoms with van der Waals surface area (Å²) in [5.41, 5.74) is 2.46. The second-order valence-electron chi connectivity index (χ2n) is 6.39. The highest BCUT2D eigenvalue weighted by Crippen LogP contribution is 2.40.